The summed E-state index contributed by atoms with van der Waals surface area (Å²) in [4.78, 5) is 0. The molecule has 2 saturated carbocycles. The topological polar surface area (TPSA) is 40.5 Å². The Hall–Kier alpha value is 0.130. The Morgan fingerprint density at radius 3 is 2.68 bits per heavy atom. The summed E-state index contributed by atoms with van der Waals surface area (Å²) in [5.41, 5.74) is 1.71. The van der Waals surface area contributed by atoms with Gasteiger partial charge in [-0.3, -0.25) is 0 Å². The average Bonchev–Trinajstić information content (AvgIpc) is 2.93. The van der Waals surface area contributed by atoms with E-state index in [0.29, 0.717) is 29.6 Å². The smallest absolute Gasteiger partial charge is 0.0758 e. The minimum atomic E-state index is -0.378. The van der Waals surface area contributed by atoms with Gasteiger partial charge >= 0.3 is 0 Å². The Morgan fingerprint density at radius 1 is 1.20 bits per heavy atom. The number of aliphatic hydroxyl groups excluding tert-OH is 2. The molecule has 9 atom stereocenters. The van der Waals surface area contributed by atoms with Crippen LogP contribution in [0, 0.1) is 40.4 Å². The SMILES string of the molecule is C[C@H](CI)[C@H]1CC[C@H]2[C@@H]3C(O)C=C4C[C@@H](O)C=C[C@]4(C)[C@H]3CC[C@]12C. The van der Waals surface area contributed by atoms with Crippen molar-refractivity contribution in [3.05, 3.63) is 23.8 Å². The zero-order chi connectivity index (χ0) is 18.0. The summed E-state index contributed by atoms with van der Waals surface area (Å²) in [5.74, 6) is 3.15. The number of alkyl halides is 1. The van der Waals surface area contributed by atoms with E-state index in [0.717, 1.165) is 11.8 Å². The molecule has 0 aliphatic heterocycles. The van der Waals surface area contributed by atoms with Gasteiger partial charge in [0.15, 0.2) is 0 Å². The summed E-state index contributed by atoms with van der Waals surface area (Å²) >= 11 is 2.55. The minimum Gasteiger partial charge on any atom is -0.389 e. The second-order valence-electron chi connectivity index (χ2n) is 9.75. The highest BCUT2D eigenvalue weighted by molar-refractivity contribution is 14.1. The lowest BCUT2D eigenvalue weighted by molar-refractivity contribution is -0.0782. The quantitative estimate of drug-likeness (QED) is 0.358. The number of hydrogen-bond donors (Lipinski definition) is 2. The molecule has 0 radical (unpaired) electrons. The lowest BCUT2D eigenvalue weighted by atomic mass is 9.47. The predicted octanol–water partition coefficient (Wildman–Crippen LogP) is 4.74. The van der Waals surface area contributed by atoms with Gasteiger partial charge in [0.25, 0.3) is 0 Å². The molecule has 0 saturated heterocycles. The second-order valence-corrected chi connectivity index (χ2v) is 10.6. The third-order valence-electron chi connectivity index (χ3n) is 8.66. The van der Waals surface area contributed by atoms with Crippen molar-refractivity contribution in [3.8, 4) is 0 Å². The average molecular weight is 456 g/mol. The standard InChI is InChI=1S/C22H33IO2/c1-13(12-23)16-4-5-17-20-18(7-9-22(16,17)3)21(2)8-6-15(24)10-14(21)11-19(20)25/h6,8,11,13,15-20,24-25H,4-5,7,9-10,12H2,1-3H3/t13-,15+,16-,17+,18+,19?,20+,21+,22-/m1/s1. The van der Waals surface area contributed by atoms with Crippen molar-refractivity contribution < 1.29 is 10.2 Å². The van der Waals surface area contributed by atoms with Gasteiger partial charge in [-0.1, -0.05) is 67.2 Å². The first-order valence-electron chi connectivity index (χ1n) is 10.1. The molecule has 3 heteroatoms. The molecule has 1 unspecified atom stereocenters. The Labute approximate surface area is 166 Å². The van der Waals surface area contributed by atoms with Gasteiger partial charge in [0.1, 0.15) is 0 Å². The van der Waals surface area contributed by atoms with Crippen molar-refractivity contribution in [1.29, 1.82) is 0 Å². The van der Waals surface area contributed by atoms with Gasteiger partial charge in [-0.2, -0.15) is 0 Å². The largest absolute Gasteiger partial charge is 0.389 e. The fourth-order valence-corrected chi connectivity index (χ4v) is 7.93. The summed E-state index contributed by atoms with van der Waals surface area (Å²) in [5, 5.41) is 21.2. The molecule has 4 aliphatic carbocycles. The van der Waals surface area contributed by atoms with Gasteiger partial charge in [0, 0.05) is 9.84 Å². The zero-order valence-corrected chi connectivity index (χ0v) is 17.9. The van der Waals surface area contributed by atoms with Gasteiger partial charge in [-0.25, -0.2) is 0 Å². The number of rotatable bonds is 2. The maximum atomic E-state index is 11.1. The normalized spacial score (nSPS) is 52.8. The zero-order valence-electron chi connectivity index (χ0n) is 15.8. The molecule has 0 aromatic carbocycles. The van der Waals surface area contributed by atoms with Crippen LogP contribution in [0.2, 0.25) is 0 Å². The molecule has 2 N–H and O–H groups in total. The van der Waals surface area contributed by atoms with E-state index in [2.05, 4.69) is 55.5 Å². The number of fused-ring (bicyclic) bond motifs is 5. The van der Waals surface area contributed by atoms with Gasteiger partial charge in [0.05, 0.1) is 12.2 Å². The Morgan fingerprint density at radius 2 is 1.96 bits per heavy atom. The van der Waals surface area contributed by atoms with Crippen LogP contribution in [-0.4, -0.2) is 26.8 Å². The molecule has 4 aliphatic rings. The van der Waals surface area contributed by atoms with Crippen molar-refractivity contribution in [1.82, 2.24) is 0 Å². The van der Waals surface area contributed by atoms with E-state index in [9.17, 15) is 10.2 Å². The van der Waals surface area contributed by atoms with Crippen molar-refractivity contribution >= 4 is 22.6 Å². The number of aliphatic hydroxyl groups is 2. The van der Waals surface area contributed by atoms with E-state index in [1.807, 2.05) is 6.08 Å². The number of hydrogen-bond acceptors (Lipinski definition) is 2. The first-order chi connectivity index (χ1) is 11.8. The highest BCUT2D eigenvalue weighted by Gasteiger charge is 2.60. The number of allylic oxidation sites excluding steroid dienone is 1. The van der Waals surface area contributed by atoms with Crippen LogP contribution in [0.4, 0.5) is 0 Å². The molecular formula is C22H33IO2. The summed E-state index contributed by atoms with van der Waals surface area (Å²) in [6.45, 7) is 7.31. The molecule has 25 heavy (non-hydrogen) atoms. The molecule has 0 aromatic rings. The Balaban J connectivity index is 1.70. The lowest BCUT2D eigenvalue weighted by Crippen LogP contribution is -2.54. The van der Waals surface area contributed by atoms with Crippen LogP contribution in [0.5, 0.6) is 0 Å². The van der Waals surface area contributed by atoms with E-state index in [-0.39, 0.29) is 17.6 Å². The fraction of sp³-hybridized carbons (Fsp3) is 0.818. The van der Waals surface area contributed by atoms with E-state index in [4.69, 9.17) is 0 Å². The van der Waals surface area contributed by atoms with Crippen LogP contribution in [0.1, 0.15) is 52.9 Å². The molecule has 0 heterocycles. The van der Waals surface area contributed by atoms with Gasteiger partial charge < -0.3 is 10.2 Å². The van der Waals surface area contributed by atoms with Crippen molar-refractivity contribution in [2.24, 2.45) is 40.4 Å². The summed E-state index contributed by atoms with van der Waals surface area (Å²) < 4.78 is 1.24. The van der Waals surface area contributed by atoms with Crippen LogP contribution in [-0.2, 0) is 0 Å². The maximum absolute atomic E-state index is 11.1. The van der Waals surface area contributed by atoms with E-state index >= 15 is 0 Å². The van der Waals surface area contributed by atoms with Crippen molar-refractivity contribution in [2.45, 2.75) is 65.1 Å². The van der Waals surface area contributed by atoms with Crippen LogP contribution >= 0.6 is 22.6 Å². The summed E-state index contributed by atoms with van der Waals surface area (Å²) in [6.07, 6.45) is 11.5. The summed E-state index contributed by atoms with van der Waals surface area (Å²) in [7, 11) is 0. The lowest BCUT2D eigenvalue weighted by Gasteiger charge is -2.58. The first kappa shape index (κ1) is 18.5. The van der Waals surface area contributed by atoms with E-state index in [1.165, 1.54) is 35.7 Å². The fourth-order valence-electron chi connectivity index (χ4n) is 7.31. The molecular weight excluding hydrogens is 423 g/mol. The van der Waals surface area contributed by atoms with Crippen molar-refractivity contribution in [2.75, 3.05) is 4.43 Å². The third-order valence-corrected chi connectivity index (χ3v) is 10.0. The predicted molar refractivity (Wildman–Crippen MR) is 111 cm³/mol. The number of halogens is 1. The molecule has 4 rings (SSSR count). The Kier molecular flexibility index (Phi) is 4.69. The van der Waals surface area contributed by atoms with E-state index in [1.54, 1.807) is 0 Å². The summed E-state index contributed by atoms with van der Waals surface area (Å²) in [6, 6.07) is 0. The van der Waals surface area contributed by atoms with Crippen LogP contribution in [0.3, 0.4) is 0 Å². The minimum absolute atomic E-state index is 0.0391. The molecule has 0 spiro atoms. The van der Waals surface area contributed by atoms with Crippen molar-refractivity contribution in [3.63, 3.8) is 0 Å². The third kappa shape index (κ3) is 2.62. The highest BCUT2D eigenvalue weighted by Crippen LogP contribution is 2.66. The second kappa shape index (κ2) is 6.34. The maximum Gasteiger partial charge on any atom is 0.0758 e. The van der Waals surface area contributed by atoms with E-state index < -0.39 is 0 Å². The highest BCUT2D eigenvalue weighted by atomic mass is 127. The monoisotopic (exact) mass is 456 g/mol. The molecule has 2 fully saturated rings. The molecule has 2 nitrogen and oxygen atoms in total. The molecule has 0 aromatic heterocycles. The van der Waals surface area contributed by atoms with Crippen LogP contribution in [0.15, 0.2) is 23.8 Å². The molecule has 0 amide bonds. The Bertz CT molecular complexity index is 599. The van der Waals surface area contributed by atoms with Gasteiger partial charge in [0.2, 0.25) is 0 Å². The molecule has 0 bridgehead atoms. The van der Waals surface area contributed by atoms with Gasteiger partial charge in [-0.05, 0) is 67.1 Å². The van der Waals surface area contributed by atoms with Crippen LogP contribution in [0.25, 0.3) is 0 Å². The molecule has 140 valence electrons. The first-order valence-corrected chi connectivity index (χ1v) is 11.7. The van der Waals surface area contributed by atoms with Gasteiger partial charge in [-0.15, -0.1) is 0 Å². The van der Waals surface area contributed by atoms with Crippen LogP contribution < -0.4 is 0 Å².